The average molecular weight is 153 g/mol. The largest absolute Gasteiger partial charge is 0.812 e. The van der Waals surface area contributed by atoms with Gasteiger partial charge in [0.05, 0.1) is 14.1 Å². The van der Waals surface area contributed by atoms with Gasteiger partial charge in [-0.15, -0.1) is 0 Å². The van der Waals surface area contributed by atoms with Crippen LogP contribution in [-0.2, 0) is 14.1 Å². The van der Waals surface area contributed by atoms with Crippen LogP contribution in [-0.4, -0.2) is 4.57 Å². The second-order valence-electron chi connectivity index (χ2n) is 2.16. The summed E-state index contributed by atoms with van der Waals surface area (Å²) in [5.74, 6) is 1.27. The Hall–Kier alpha value is -1.50. The van der Waals surface area contributed by atoms with Crippen LogP contribution in [0.3, 0.4) is 0 Å². The molecule has 0 aromatic carbocycles. The summed E-state index contributed by atoms with van der Waals surface area (Å²) in [5.41, 5.74) is 0. The smallest absolute Gasteiger partial charge is 0.252 e. The fourth-order valence-electron chi connectivity index (χ4n) is 0.665. The molecule has 0 saturated heterocycles. The molecule has 0 fully saturated rings. The molecule has 0 aliphatic rings. The lowest BCUT2D eigenvalue weighted by atomic mass is 10.7. The third kappa shape index (κ3) is 2.72. The van der Waals surface area contributed by atoms with Gasteiger partial charge in [-0.05, 0) is 0 Å². The van der Waals surface area contributed by atoms with Crippen LogP contribution in [0.1, 0.15) is 5.82 Å². The van der Waals surface area contributed by atoms with Gasteiger partial charge in [0.15, 0.2) is 0 Å². The van der Waals surface area contributed by atoms with E-state index in [1.165, 1.54) is 5.82 Å². The Kier molecular flexibility index (Phi) is 3.75. The van der Waals surface area contributed by atoms with Gasteiger partial charge in [-0.25, -0.2) is 14.4 Å². The van der Waals surface area contributed by atoms with E-state index in [2.05, 4.69) is 16.1 Å². The number of aromatic nitrogens is 2. The van der Waals surface area contributed by atoms with E-state index in [1.807, 2.05) is 26.5 Å². The van der Waals surface area contributed by atoms with Crippen molar-refractivity contribution in [2.24, 2.45) is 14.1 Å². The Balaban J connectivity index is 0.000000292. The molecule has 0 spiro atoms. The Bertz CT molecular complexity index is 240. The van der Waals surface area contributed by atoms with Crippen molar-refractivity contribution < 1.29 is 9.67 Å². The summed E-state index contributed by atoms with van der Waals surface area (Å²) in [6.07, 6.45) is 4.57. The summed E-state index contributed by atoms with van der Waals surface area (Å²) < 4.78 is 4.17. The third-order valence-electron chi connectivity index (χ3n) is 1.53. The molecule has 4 heteroatoms. The third-order valence-corrected chi connectivity index (χ3v) is 1.53. The van der Waals surface area contributed by atoms with E-state index in [9.17, 15) is 0 Å². The van der Waals surface area contributed by atoms with Crippen LogP contribution >= 0.6 is 0 Å². The van der Waals surface area contributed by atoms with Crippen molar-refractivity contribution in [1.82, 2.24) is 4.57 Å². The molecule has 4 nitrogen and oxygen atoms in total. The number of hydrogen-bond donors (Lipinski definition) is 0. The molecule has 0 aliphatic carbocycles. The van der Waals surface area contributed by atoms with Crippen LogP contribution in [0.25, 0.3) is 0 Å². The van der Waals surface area contributed by atoms with Gasteiger partial charge in [-0.3, -0.25) is 0 Å². The second kappa shape index (κ2) is 4.34. The highest BCUT2D eigenvalue weighted by Gasteiger charge is 2.00. The molecule has 60 valence electrons. The first kappa shape index (κ1) is 9.50. The van der Waals surface area contributed by atoms with Crippen LogP contribution in [0.15, 0.2) is 12.4 Å². The lowest BCUT2D eigenvalue weighted by molar-refractivity contribution is -0.677. The van der Waals surface area contributed by atoms with Crippen molar-refractivity contribution in [2.75, 3.05) is 0 Å². The maximum Gasteiger partial charge on any atom is 0.252 e. The highest BCUT2D eigenvalue weighted by molar-refractivity contribution is 4.75. The molecule has 11 heavy (non-hydrogen) atoms. The van der Waals surface area contributed by atoms with Crippen molar-refractivity contribution >= 4 is 0 Å². The van der Waals surface area contributed by atoms with Gasteiger partial charge in [-0.2, -0.15) is 0 Å². The van der Waals surface area contributed by atoms with E-state index in [-0.39, 0.29) is 0 Å². The molecule has 0 saturated carbocycles. The minimum atomic E-state index is 0.500. The van der Waals surface area contributed by atoms with Crippen molar-refractivity contribution in [1.29, 1.82) is 5.26 Å². The highest BCUT2D eigenvalue weighted by Crippen LogP contribution is 1.84. The predicted molar refractivity (Wildman–Crippen MR) is 36.9 cm³/mol. The fraction of sp³-hybridized carbons (Fsp3) is 0.429. The van der Waals surface area contributed by atoms with Gasteiger partial charge in [0.25, 0.3) is 5.82 Å². The Morgan fingerprint density at radius 1 is 1.73 bits per heavy atom. The van der Waals surface area contributed by atoms with Gasteiger partial charge >= 0.3 is 0 Å². The summed E-state index contributed by atoms with van der Waals surface area (Å²) in [7, 11) is 4.07. The summed E-state index contributed by atoms with van der Waals surface area (Å²) in [6.45, 7) is 2.08. The van der Waals surface area contributed by atoms with Crippen molar-refractivity contribution in [2.45, 2.75) is 6.92 Å². The number of rotatable bonds is 0. The number of aryl methyl sites for hydroxylation is 2. The van der Waals surface area contributed by atoms with Crippen molar-refractivity contribution in [3.63, 3.8) is 0 Å². The first-order valence-corrected chi connectivity index (χ1v) is 3.12. The van der Waals surface area contributed by atoms with Crippen LogP contribution in [0.4, 0.5) is 0 Å². The molecular weight excluding hydrogens is 142 g/mol. The molecule has 1 rings (SSSR count). The summed E-state index contributed by atoms with van der Waals surface area (Å²) in [6, 6.07) is 0. The van der Waals surface area contributed by atoms with Crippen molar-refractivity contribution in [3.8, 4) is 6.26 Å². The summed E-state index contributed by atoms with van der Waals surface area (Å²) in [4.78, 5) is 0. The van der Waals surface area contributed by atoms with Gasteiger partial charge in [0.1, 0.15) is 12.4 Å². The zero-order valence-corrected chi connectivity index (χ0v) is 6.90. The molecule has 0 unspecified atom stereocenters. The second-order valence-corrected chi connectivity index (χ2v) is 2.16. The molecule has 0 bridgehead atoms. The Morgan fingerprint density at radius 2 is 2.18 bits per heavy atom. The minimum absolute atomic E-state index is 0.500. The standard InChI is InChI=1S/C6H11N2.CHNO/c1-6-7(2)4-5-8(6)3;2-1-3/h4-5H,1-3H3;3H/q+1;/p-1. The Morgan fingerprint density at radius 3 is 2.27 bits per heavy atom. The lowest BCUT2D eigenvalue weighted by Gasteiger charge is -1.84. The van der Waals surface area contributed by atoms with Crippen LogP contribution in [0, 0.1) is 18.4 Å². The number of nitriles is 1. The van der Waals surface area contributed by atoms with Crippen LogP contribution < -0.4 is 9.67 Å². The SMILES string of the molecule is Cc1n(C)cc[n+]1C.N#C[O-]. The molecule has 1 aromatic rings. The number of imidazole rings is 1. The van der Waals surface area contributed by atoms with Gasteiger partial charge in [0, 0.05) is 13.2 Å². The van der Waals surface area contributed by atoms with E-state index < -0.39 is 0 Å². The normalized spacial score (nSPS) is 7.82. The van der Waals surface area contributed by atoms with E-state index in [4.69, 9.17) is 10.4 Å². The first-order chi connectivity index (χ1) is 5.13. The minimum Gasteiger partial charge on any atom is -0.812 e. The molecule has 0 atom stereocenters. The maximum atomic E-state index is 8.24. The van der Waals surface area contributed by atoms with E-state index >= 15 is 0 Å². The van der Waals surface area contributed by atoms with E-state index in [0.29, 0.717) is 6.26 Å². The molecule has 1 heterocycles. The topological polar surface area (TPSA) is 55.7 Å². The summed E-state index contributed by atoms with van der Waals surface area (Å²) >= 11 is 0. The molecule has 0 radical (unpaired) electrons. The van der Waals surface area contributed by atoms with Gasteiger partial charge in [0.2, 0.25) is 0 Å². The highest BCUT2D eigenvalue weighted by atomic mass is 16.2. The van der Waals surface area contributed by atoms with Crippen LogP contribution in [0.2, 0.25) is 0 Å². The quantitative estimate of drug-likeness (QED) is 0.354. The number of nitrogens with zero attached hydrogens (tertiary/aromatic N) is 3. The Labute approximate surface area is 65.9 Å². The predicted octanol–water partition coefficient (Wildman–Crippen LogP) is -1.01. The van der Waals surface area contributed by atoms with E-state index in [1.54, 1.807) is 0 Å². The molecular formula is C7H11N3O. The van der Waals surface area contributed by atoms with Gasteiger partial charge in [-0.1, -0.05) is 0 Å². The van der Waals surface area contributed by atoms with Gasteiger partial charge < -0.3 is 5.11 Å². The van der Waals surface area contributed by atoms with Crippen LogP contribution in [0.5, 0.6) is 0 Å². The monoisotopic (exact) mass is 153 g/mol. The summed E-state index contributed by atoms with van der Waals surface area (Å²) in [5, 5.41) is 15.0. The fourth-order valence-corrected chi connectivity index (χ4v) is 0.665. The zero-order chi connectivity index (χ0) is 8.85. The molecule has 1 aromatic heterocycles. The first-order valence-electron chi connectivity index (χ1n) is 3.12. The van der Waals surface area contributed by atoms with Crippen molar-refractivity contribution in [3.05, 3.63) is 18.2 Å². The maximum absolute atomic E-state index is 8.24. The van der Waals surface area contributed by atoms with E-state index in [0.717, 1.165) is 0 Å². The zero-order valence-electron chi connectivity index (χ0n) is 6.90. The molecule has 0 amide bonds. The number of hydrogen-bond acceptors (Lipinski definition) is 2. The lowest BCUT2D eigenvalue weighted by Crippen LogP contribution is -2.29. The molecule has 0 N–H and O–H groups in total. The molecule has 0 aliphatic heterocycles. The average Bonchev–Trinajstić information content (AvgIpc) is 2.22.